The topological polar surface area (TPSA) is 60.7 Å². The van der Waals surface area contributed by atoms with Gasteiger partial charge >= 0.3 is 0 Å². The van der Waals surface area contributed by atoms with E-state index in [1.807, 2.05) is 30.3 Å². The smallest absolute Gasteiger partial charge is 0.196 e. The zero-order valence-electron chi connectivity index (χ0n) is 10.8. The number of aromatic amines is 1. The molecule has 2 aromatic carbocycles. The minimum atomic E-state index is 0.126. The lowest BCUT2D eigenvalue weighted by Gasteiger charge is -1.95. The van der Waals surface area contributed by atoms with Crippen LogP contribution in [-0.2, 0) is 0 Å². The number of aromatic nitrogens is 1. The summed E-state index contributed by atoms with van der Waals surface area (Å²) in [6.45, 7) is 0. The second kappa shape index (κ2) is 4.46. The molecular formula is C16H10ClN3O. The molecule has 0 saturated heterocycles. The number of H-pyrrole nitrogens is 1. The van der Waals surface area contributed by atoms with Crippen molar-refractivity contribution in [1.29, 1.82) is 0 Å². The molecule has 1 aromatic heterocycles. The van der Waals surface area contributed by atoms with Crippen LogP contribution >= 0.6 is 11.6 Å². The fraction of sp³-hybridized carbons (Fsp3) is 0. The summed E-state index contributed by atoms with van der Waals surface area (Å²) in [7, 11) is 0. The highest BCUT2D eigenvalue weighted by Gasteiger charge is 2.08. The second-order valence-corrected chi connectivity index (χ2v) is 5.32. The Morgan fingerprint density at radius 3 is 2.95 bits per heavy atom. The van der Waals surface area contributed by atoms with E-state index in [2.05, 4.69) is 15.2 Å². The lowest BCUT2D eigenvalue weighted by Crippen LogP contribution is -2.06. The molecule has 0 spiro atoms. The highest BCUT2D eigenvalue weighted by atomic mass is 35.5. The van der Waals surface area contributed by atoms with Crippen molar-refractivity contribution in [3.05, 3.63) is 57.4 Å². The summed E-state index contributed by atoms with van der Waals surface area (Å²) < 4.78 is 0. The Balaban J connectivity index is 1.95. The van der Waals surface area contributed by atoms with Crippen LogP contribution in [-0.4, -0.2) is 10.1 Å². The van der Waals surface area contributed by atoms with Crippen molar-refractivity contribution in [3.63, 3.8) is 0 Å². The SMILES string of the molecule is Oc1[nH]c2cc(Cl)ccc2c1/C=c1\ccc2c(c1)N=NC=2. The number of benzene rings is 2. The Kier molecular flexibility index (Phi) is 2.59. The summed E-state index contributed by atoms with van der Waals surface area (Å²) >= 11 is 5.97. The minimum Gasteiger partial charge on any atom is -0.494 e. The molecule has 4 rings (SSSR count). The van der Waals surface area contributed by atoms with E-state index >= 15 is 0 Å². The predicted octanol–water partition coefficient (Wildman–Crippen LogP) is 3.19. The van der Waals surface area contributed by atoms with Crippen LogP contribution in [0.5, 0.6) is 5.88 Å². The number of halogens is 1. The molecule has 0 amide bonds. The van der Waals surface area contributed by atoms with Crippen LogP contribution < -0.4 is 10.4 Å². The maximum absolute atomic E-state index is 10.1. The first-order valence-corrected chi connectivity index (χ1v) is 6.81. The first-order valence-electron chi connectivity index (χ1n) is 6.44. The van der Waals surface area contributed by atoms with E-state index in [1.54, 1.807) is 18.3 Å². The number of nitrogens with zero attached hydrogens (tertiary/aromatic N) is 2. The monoisotopic (exact) mass is 295 g/mol. The van der Waals surface area contributed by atoms with Gasteiger partial charge in [-0.05, 0) is 29.5 Å². The van der Waals surface area contributed by atoms with Gasteiger partial charge in [0.25, 0.3) is 0 Å². The third kappa shape index (κ3) is 2.00. The van der Waals surface area contributed by atoms with Crippen LogP contribution in [0.2, 0.25) is 5.02 Å². The molecular weight excluding hydrogens is 286 g/mol. The molecule has 2 heterocycles. The maximum atomic E-state index is 10.1. The summed E-state index contributed by atoms with van der Waals surface area (Å²) in [6.07, 6.45) is 3.64. The number of hydrogen-bond donors (Lipinski definition) is 2. The molecule has 0 atom stereocenters. The quantitative estimate of drug-likeness (QED) is 0.711. The van der Waals surface area contributed by atoms with E-state index in [9.17, 15) is 5.11 Å². The fourth-order valence-electron chi connectivity index (χ4n) is 2.49. The molecule has 0 bridgehead atoms. The number of rotatable bonds is 1. The van der Waals surface area contributed by atoms with Crippen molar-refractivity contribution >= 4 is 40.5 Å². The summed E-state index contributed by atoms with van der Waals surface area (Å²) in [5.74, 6) is 0.126. The van der Waals surface area contributed by atoms with Gasteiger partial charge in [-0.1, -0.05) is 29.8 Å². The Bertz CT molecular complexity index is 1020. The first-order chi connectivity index (χ1) is 10.2. The molecule has 102 valence electrons. The second-order valence-electron chi connectivity index (χ2n) is 4.88. The Morgan fingerprint density at radius 2 is 2.05 bits per heavy atom. The Hall–Kier alpha value is -2.59. The molecule has 21 heavy (non-hydrogen) atoms. The standard InChI is InChI=1S/C16H10ClN3O/c17-11-3-4-12-13(16(21)19-15(12)7-11)5-9-1-2-10-8-18-20-14(10)6-9/h1-8,19,21H/b9-5+. The molecule has 0 fully saturated rings. The van der Waals surface area contributed by atoms with E-state index < -0.39 is 0 Å². The van der Waals surface area contributed by atoms with Crippen molar-refractivity contribution in [2.24, 2.45) is 10.2 Å². The van der Waals surface area contributed by atoms with Gasteiger partial charge in [-0.2, -0.15) is 10.2 Å². The van der Waals surface area contributed by atoms with Gasteiger partial charge in [0, 0.05) is 21.2 Å². The Labute approximate surface area is 124 Å². The van der Waals surface area contributed by atoms with Gasteiger partial charge in [0.2, 0.25) is 0 Å². The number of fused-ring (bicyclic) bond motifs is 2. The molecule has 0 aliphatic carbocycles. The molecule has 5 heteroatoms. The van der Waals surface area contributed by atoms with Crippen molar-refractivity contribution in [1.82, 2.24) is 4.98 Å². The van der Waals surface area contributed by atoms with Gasteiger partial charge in [0.05, 0.1) is 17.4 Å². The molecule has 3 aromatic rings. The van der Waals surface area contributed by atoms with Gasteiger partial charge in [0.1, 0.15) is 0 Å². The van der Waals surface area contributed by atoms with Crippen LogP contribution in [0, 0.1) is 0 Å². The molecule has 2 N–H and O–H groups in total. The van der Waals surface area contributed by atoms with E-state index in [4.69, 9.17) is 11.6 Å². The van der Waals surface area contributed by atoms with E-state index in [1.165, 1.54) is 0 Å². The third-order valence-corrected chi connectivity index (χ3v) is 3.74. The largest absolute Gasteiger partial charge is 0.494 e. The summed E-state index contributed by atoms with van der Waals surface area (Å²) in [4.78, 5) is 2.93. The first kappa shape index (κ1) is 12.2. The molecule has 0 radical (unpaired) electrons. The highest BCUT2D eigenvalue weighted by molar-refractivity contribution is 6.31. The Morgan fingerprint density at radius 1 is 1.14 bits per heavy atom. The van der Waals surface area contributed by atoms with Gasteiger partial charge in [-0.15, -0.1) is 0 Å². The number of azo groups is 1. The van der Waals surface area contributed by atoms with E-state index in [0.717, 1.165) is 32.6 Å². The summed E-state index contributed by atoms with van der Waals surface area (Å²) in [6, 6.07) is 11.4. The molecule has 0 saturated carbocycles. The lowest BCUT2D eigenvalue weighted by atomic mass is 10.1. The normalized spacial score (nSPS) is 13.7. The average Bonchev–Trinajstić information content (AvgIpc) is 3.03. The zero-order chi connectivity index (χ0) is 14.4. The predicted molar refractivity (Wildman–Crippen MR) is 83.2 cm³/mol. The van der Waals surface area contributed by atoms with Gasteiger partial charge in [-0.25, -0.2) is 0 Å². The van der Waals surface area contributed by atoms with Crippen molar-refractivity contribution < 1.29 is 5.11 Å². The summed E-state index contributed by atoms with van der Waals surface area (Å²) in [5, 5.41) is 21.5. The van der Waals surface area contributed by atoms with E-state index in [0.29, 0.717) is 5.02 Å². The molecule has 1 aliphatic rings. The molecule has 4 nitrogen and oxygen atoms in total. The van der Waals surface area contributed by atoms with Crippen molar-refractivity contribution in [2.75, 3.05) is 0 Å². The third-order valence-electron chi connectivity index (χ3n) is 3.51. The van der Waals surface area contributed by atoms with Gasteiger partial charge < -0.3 is 10.1 Å². The average molecular weight is 296 g/mol. The van der Waals surface area contributed by atoms with Gasteiger partial charge in [0.15, 0.2) is 5.88 Å². The van der Waals surface area contributed by atoms with E-state index in [-0.39, 0.29) is 5.88 Å². The lowest BCUT2D eigenvalue weighted by molar-refractivity contribution is 0.457. The van der Waals surface area contributed by atoms with Crippen LogP contribution in [0.25, 0.3) is 23.2 Å². The highest BCUT2D eigenvalue weighted by Crippen LogP contribution is 2.29. The zero-order valence-corrected chi connectivity index (χ0v) is 11.6. The van der Waals surface area contributed by atoms with Crippen molar-refractivity contribution in [3.8, 4) is 5.88 Å². The van der Waals surface area contributed by atoms with Gasteiger partial charge in [-0.3, -0.25) is 0 Å². The van der Waals surface area contributed by atoms with Crippen LogP contribution in [0.4, 0.5) is 5.69 Å². The van der Waals surface area contributed by atoms with Crippen LogP contribution in [0.3, 0.4) is 0 Å². The van der Waals surface area contributed by atoms with Crippen LogP contribution in [0.15, 0.2) is 46.6 Å². The molecule has 1 aliphatic heterocycles. The number of aromatic hydroxyl groups is 1. The minimum absolute atomic E-state index is 0.126. The fourth-order valence-corrected chi connectivity index (χ4v) is 2.66. The van der Waals surface area contributed by atoms with Crippen LogP contribution in [0.1, 0.15) is 5.56 Å². The summed E-state index contributed by atoms with van der Waals surface area (Å²) in [5.41, 5.74) is 2.38. The number of nitrogens with one attached hydrogen (secondary N) is 1. The molecule has 0 unspecified atom stereocenters. The van der Waals surface area contributed by atoms with Crippen molar-refractivity contribution in [2.45, 2.75) is 0 Å². The number of hydrogen-bond acceptors (Lipinski definition) is 3. The maximum Gasteiger partial charge on any atom is 0.196 e.